The lowest BCUT2D eigenvalue weighted by atomic mass is 9.98. The molecule has 0 spiro atoms. The predicted octanol–water partition coefficient (Wildman–Crippen LogP) is 2.80. The molecule has 0 aliphatic carbocycles. The van der Waals surface area contributed by atoms with E-state index in [2.05, 4.69) is 34.2 Å². The summed E-state index contributed by atoms with van der Waals surface area (Å²) in [6.07, 6.45) is 4.00. The number of hydrogen-bond acceptors (Lipinski definition) is 5. The van der Waals surface area contributed by atoms with Gasteiger partial charge in [-0.1, -0.05) is 17.7 Å². The standard InChI is InChI=1S/C19H25N3O3/c1-14-5-7-17(8-6-14)25-13-15-4-3-9-22(11-15)12-16-10-20-21-18(16)19(23)24-2/h5-8,10,15H,3-4,9,11-13H2,1-2H3,(H,20,21)/t15-/m1/s1. The molecule has 134 valence electrons. The summed E-state index contributed by atoms with van der Waals surface area (Å²) in [5, 5.41) is 6.71. The van der Waals surface area contributed by atoms with Gasteiger partial charge in [-0.05, 0) is 38.4 Å². The van der Waals surface area contributed by atoms with Crippen LogP contribution in [0.25, 0.3) is 0 Å². The van der Waals surface area contributed by atoms with Crippen molar-refractivity contribution in [3.05, 3.63) is 47.3 Å². The summed E-state index contributed by atoms with van der Waals surface area (Å²) < 4.78 is 10.7. The summed E-state index contributed by atoms with van der Waals surface area (Å²) in [4.78, 5) is 14.1. The molecular weight excluding hydrogens is 318 g/mol. The fraction of sp³-hybridized carbons (Fsp3) is 0.474. The molecule has 1 aliphatic rings. The molecule has 1 aromatic heterocycles. The number of rotatable bonds is 6. The zero-order valence-corrected chi connectivity index (χ0v) is 14.8. The Morgan fingerprint density at radius 1 is 1.36 bits per heavy atom. The second kappa shape index (κ2) is 8.16. The number of aromatic nitrogens is 2. The number of aromatic amines is 1. The maximum atomic E-state index is 11.8. The Morgan fingerprint density at radius 3 is 2.92 bits per heavy atom. The Labute approximate surface area is 148 Å². The number of carbonyl (C=O) groups excluding carboxylic acids is 1. The van der Waals surface area contributed by atoms with Crippen LogP contribution in [-0.4, -0.2) is 47.9 Å². The quantitative estimate of drug-likeness (QED) is 0.817. The largest absolute Gasteiger partial charge is 0.493 e. The number of H-pyrrole nitrogens is 1. The number of benzene rings is 1. The fourth-order valence-corrected chi connectivity index (χ4v) is 3.23. The Kier molecular flexibility index (Phi) is 5.71. The molecule has 25 heavy (non-hydrogen) atoms. The Morgan fingerprint density at radius 2 is 2.16 bits per heavy atom. The highest BCUT2D eigenvalue weighted by Crippen LogP contribution is 2.21. The summed E-state index contributed by atoms with van der Waals surface area (Å²) in [6, 6.07) is 8.17. The number of methoxy groups -OCH3 is 1. The van der Waals surface area contributed by atoms with Crippen LogP contribution >= 0.6 is 0 Å². The maximum Gasteiger partial charge on any atom is 0.356 e. The topological polar surface area (TPSA) is 67.5 Å². The average molecular weight is 343 g/mol. The third-order valence-corrected chi connectivity index (χ3v) is 4.61. The molecule has 3 rings (SSSR count). The smallest absolute Gasteiger partial charge is 0.356 e. The highest BCUT2D eigenvalue weighted by atomic mass is 16.5. The van der Waals surface area contributed by atoms with Crippen molar-refractivity contribution in [2.24, 2.45) is 5.92 Å². The molecule has 0 radical (unpaired) electrons. The van der Waals surface area contributed by atoms with Crippen LogP contribution in [0, 0.1) is 12.8 Å². The number of carbonyl (C=O) groups is 1. The van der Waals surface area contributed by atoms with Crippen molar-refractivity contribution in [3.8, 4) is 5.75 Å². The normalized spacial score (nSPS) is 18.1. The van der Waals surface area contributed by atoms with Crippen molar-refractivity contribution in [1.29, 1.82) is 0 Å². The van der Waals surface area contributed by atoms with Crippen molar-refractivity contribution in [2.45, 2.75) is 26.3 Å². The zero-order chi connectivity index (χ0) is 17.6. The number of piperidine rings is 1. The van der Waals surface area contributed by atoms with E-state index in [0.717, 1.165) is 43.9 Å². The lowest BCUT2D eigenvalue weighted by Crippen LogP contribution is -2.37. The van der Waals surface area contributed by atoms with Gasteiger partial charge in [-0.15, -0.1) is 0 Å². The molecular formula is C19H25N3O3. The van der Waals surface area contributed by atoms with E-state index >= 15 is 0 Å². The summed E-state index contributed by atoms with van der Waals surface area (Å²) in [7, 11) is 1.38. The van der Waals surface area contributed by atoms with Crippen molar-refractivity contribution in [3.63, 3.8) is 0 Å². The molecule has 1 aliphatic heterocycles. The molecule has 2 aromatic rings. The Hall–Kier alpha value is -2.34. The van der Waals surface area contributed by atoms with Gasteiger partial charge in [-0.25, -0.2) is 4.79 Å². The minimum atomic E-state index is -0.372. The van der Waals surface area contributed by atoms with Gasteiger partial charge in [0.1, 0.15) is 11.4 Å². The molecule has 1 N–H and O–H groups in total. The average Bonchev–Trinajstić information content (AvgIpc) is 3.09. The highest BCUT2D eigenvalue weighted by Gasteiger charge is 2.23. The Bertz CT molecular complexity index is 696. The summed E-state index contributed by atoms with van der Waals surface area (Å²) in [6.45, 7) is 5.46. The molecule has 1 fully saturated rings. The number of ether oxygens (including phenoxy) is 2. The molecule has 0 saturated carbocycles. The zero-order valence-electron chi connectivity index (χ0n) is 14.8. The molecule has 1 saturated heterocycles. The van der Waals surface area contributed by atoms with E-state index < -0.39 is 0 Å². The number of nitrogens with zero attached hydrogens (tertiary/aromatic N) is 2. The molecule has 0 unspecified atom stereocenters. The van der Waals surface area contributed by atoms with Gasteiger partial charge in [-0.2, -0.15) is 5.10 Å². The third-order valence-electron chi connectivity index (χ3n) is 4.61. The van der Waals surface area contributed by atoms with Crippen molar-refractivity contribution in [1.82, 2.24) is 15.1 Å². The molecule has 6 nitrogen and oxygen atoms in total. The van der Waals surface area contributed by atoms with E-state index in [-0.39, 0.29) is 5.97 Å². The van der Waals surface area contributed by atoms with Gasteiger partial charge in [-0.3, -0.25) is 10.00 Å². The predicted molar refractivity (Wildman–Crippen MR) is 94.6 cm³/mol. The summed E-state index contributed by atoms with van der Waals surface area (Å²) in [5.74, 6) is 1.04. The lowest BCUT2D eigenvalue weighted by Gasteiger charge is -2.32. The number of esters is 1. The number of hydrogen-bond donors (Lipinski definition) is 1. The van der Waals surface area contributed by atoms with Crippen LogP contribution in [0.1, 0.15) is 34.5 Å². The molecule has 1 atom stereocenters. The van der Waals surface area contributed by atoms with Crippen molar-refractivity contribution in [2.75, 3.05) is 26.8 Å². The number of nitrogens with one attached hydrogen (secondary N) is 1. The van der Waals surface area contributed by atoms with E-state index in [1.54, 1.807) is 6.20 Å². The van der Waals surface area contributed by atoms with Crippen molar-refractivity contribution >= 4 is 5.97 Å². The van der Waals surface area contributed by atoms with Gasteiger partial charge in [0, 0.05) is 24.6 Å². The highest BCUT2D eigenvalue weighted by molar-refractivity contribution is 5.88. The van der Waals surface area contributed by atoms with Crippen LogP contribution < -0.4 is 4.74 Å². The monoisotopic (exact) mass is 343 g/mol. The number of aryl methyl sites for hydroxylation is 1. The van der Waals surface area contributed by atoms with Crippen LogP contribution in [0.2, 0.25) is 0 Å². The van der Waals surface area contributed by atoms with Crippen LogP contribution in [0.3, 0.4) is 0 Å². The molecule has 1 aromatic carbocycles. The van der Waals surface area contributed by atoms with E-state index in [4.69, 9.17) is 9.47 Å². The molecule has 6 heteroatoms. The van der Waals surface area contributed by atoms with Gasteiger partial charge >= 0.3 is 5.97 Å². The van der Waals surface area contributed by atoms with Gasteiger partial charge in [0.25, 0.3) is 0 Å². The van der Waals surface area contributed by atoms with Gasteiger partial charge in [0.15, 0.2) is 0 Å². The van der Waals surface area contributed by atoms with E-state index in [9.17, 15) is 4.79 Å². The molecule has 0 amide bonds. The van der Waals surface area contributed by atoms with Gasteiger partial charge in [0.2, 0.25) is 0 Å². The second-order valence-electron chi connectivity index (χ2n) is 6.63. The molecule has 2 heterocycles. The van der Waals surface area contributed by atoms with Crippen molar-refractivity contribution < 1.29 is 14.3 Å². The van der Waals surface area contributed by atoms with Crippen LogP contribution in [0.15, 0.2) is 30.5 Å². The first kappa shape index (κ1) is 17.5. The Balaban J connectivity index is 1.53. The van der Waals surface area contributed by atoms with Crippen LogP contribution in [0.5, 0.6) is 5.75 Å². The van der Waals surface area contributed by atoms with Gasteiger partial charge < -0.3 is 9.47 Å². The second-order valence-corrected chi connectivity index (χ2v) is 6.63. The summed E-state index contributed by atoms with van der Waals surface area (Å²) in [5.41, 5.74) is 2.56. The first-order chi connectivity index (χ1) is 12.2. The maximum absolute atomic E-state index is 11.8. The van der Waals surface area contributed by atoms with Gasteiger partial charge in [0.05, 0.1) is 19.9 Å². The molecule has 0 bridgehead atoms. The third kappa shape index (κ3) is 4.60. The van der Waals surface area contributed by atoms with Crippen LogP contribution in [0.4, 0.5) is 0 Å². The first-order valence-electron chi connectivity index (χ1n) is 8.68. The first-order valence-corrected chi connectivity index (χ1v) is 8.68. The lowest BCUT2D eigenvalue weighted by molar-refractivity contribution is 0.0590. The fourth-order valence-electron chi connectivity index (χ4n) is 3.23. The van der Waals surface area contributed by atoms with E-state index in [1.807, 2.05) is 12.1 Å². The van der Waals surface area contributed by atoms with E-state index in [0.29, 0.717) is 18.2 Å². The number of likely N-dealkylation sites (tertiary alicyclic amines) is 1. The minimum absolute atomic E-state index is 0.372. The SMILES string of the molecule is COC(=O)c1[nH]ncc1CN1CCC[C@@H](COc2ccc(C)cc2)C1. The summed E-state index contributed by atoms with van der Waals surface area (Å²) >= 11 is 0. The van der Waals surface area contributed by atoms with E-state index in [1.165, 1.54) is 12.7 Å². The minimum Gasteiger partial charge on any atom is -0.493 e. The van der Waals surface area contributed by atoms with Crippen LogP contribution in [-0.2, 0) is 11.3 Å².